The summed E-state index contributed by atoms with van der Waals surface area (Å²) in [7, 11) is 2.20. The van der Waals surface area contributed by atoms with Crippen LogP contribution in [0.25, 0.3) is 5.70 Å². The van der Waals surface area contributed by atoms with Gasteiger partial charge in [0.25, 0.3) is 0 Å². The molecule has 29 heavy (non-hydrogen) atoms. The van der Waals surface area contributed by atoms with Gasteiger partial charge in [0.2, 0.25) is 0 Å². The maximum atomic E-state index is 4.68. The molecule has 2 aliphatic heterocycles. The maximum absolute atomic E-state index is 4.68. The van der Waals surface area contributed by atoms with Crippen LogP contribution in [0.3, 0.4) is 0 Å². The monoisotopic (exact) mass is 391 g/mol. The van der Waals surface area contributed by atoms with Crippen molar-refractivity contribution < 1.29 is 0 Å². The lowest BCUT2D eigenvalue weighted by atomic mass is 9.89. The SMILES string of the molecule is C=N/C(=C\C1=NCC=CN=C1CNCCC)c1ccc(C2CCN(C)CC2)cc1. The highest BCUT2D eigenvalue weighted by Crippen LogP contribution is 2.28. The third kappa shape index (κ3) is 6.05. The lowest BCUT2D eigenvalue weighted by Crippen LogP contribution is -2.29. The van der Waals surface area contributed by atoms with Crippen LogP contribution in [0.15, 0.2) is 57.6 Å². The van der Waals surface area contributed by atoms with Crippen molar-refractivity contribution in [3.05, 3.63) is 53.7 Å². The number of hydrogen-bond acceptors (Lipinski definition) is 5. The Morgan fingerprint density at radius 2 is 2.03 bits per heavy atom. The summed E-state index contributed by atoms with van der Waals surface area (Å²) in [6.45, 7) is 10.6. The number of nitrogens with zero attached hydrogens (tertiary/aromatic N) is 4. The van der Waals surface area contributed by atoms with Crippen LogP contribution in [-0.2, 0) is 0 Å². The van der Waals surface area contributed by atoms with Gasteiger partial charge in [-0.25, -0.2) is 0 Å². The molecule has 3 rings (SSSR count). The van der Waals surface area contributed by atoms with Crippen LogP contribution < -0.4 is 5.32 Å². The van der Waals surface area contributed by atoms with E-state index in [1.165, 1.54) is 31.5 Å². The molecule has 0 amide bonds. The molecule has 1 aromatic rings. The predicted octanol–water partition coefficient (Wildman–Crippen LogP) is 3.95. The third-order valence-electron chi connectivity index (χ3n) is 5.56. The average Bonchev–Trinajstić information content (AvgIpc) is 2.98. The highest BCUT2D eigenvalue weighted by Gasteiger charge is 2.18. The molecular weight excluding hydrogens is 358 g/mol. The number of piperidine rings is 1. The Labute approximate surface area is 175 Å². The van der Waals surface area contributed by atoms with Crippen molar-refractivity contribution in [1.82, 2.24) is 10.2 Å². The highest BCUT2D eigenvalue weighted by molar-refractivity contribution is 6.48. The molecule has 2 aliphatic rings. The fourth-order valence-electron chi connectivity index (χ4n) is 3.76. The number of hydrogen-bond donors (Lipinski definition) is 1. The molecule has 1 fully saturated rings. The first-order chi connectivity index (χ1) is 14.2. The van der Waals surface area contributed by atoms with Gasteiger partial charge < -0.3 is 10.2 Å². The van der Waals surface area contributed by atoms with Crippen LogP contribution in [0.1, 0.15) is 43.2 Å². The Hall–Kier alpha value is -2.37. The predicted molar refractivity (Wildman–Crippen MR) is 125 cm³/mol. The minimum Gasteiger partial charge on any atom is -0.311 e. The van der Waals surface area contributed by atoms with E-state index in [0.29, 0.717) is 19.0 Å². The summed E-state index contributed by atoms with van der Waals surface area (Å²) >= 11 is 0. The normalized spacial score (nSPS) is 18.9. The van der Waals surface area contributed by atoms with E-state index in [1.807, 2.05) is 18.4 Å². The van der Waals surface area contributed by atoms with Crippen molar-refractivity contribution in [3.63, 3.8) is 0 Å². The van der Waals surface area contributed by atoms with Gasteiger partial charge in [-0.1, -0.05) is 31.2 Å². The molecule has 154 valence electrons. The fraction of sp³-hybridized carbons (Fsp3) is 0.458. The molecule has 5 nitrogen and oxygen atoms in total. The molecule has 0 spiro atoms. The average molecular weight is 392 g/mol. The van der Waals surface area contributed by atoms with Gasteiger partial charge in [0, 0.05) is 18.3 Å². The quantitative estimate of drug-likeness (QED) is 0.539. The van der Waals surface area contributed by atoms with Gasteiger partial charge >= 0.3 is 0 Å². The Kier molecular flexibility index (Phi) is 8.08. The van der Waals surface area contributed by atoms with Gasteiger partial charge in [0.05, 0.1) is 23.7 Å². The van der Waals surface area contributed by atoms with E-state index >= 15 is 0 Å². The van der Waals surface area contributed by atoms with Crippen LogP contribution in [0.2, 0.25) is 0 Å². The molecule has 1 saturated heterocycles. The van der Waals surface area contributed by atoms with E-state index in [2.05, 4.69) is 70.1 Å². The van der Waals surface area contributed by atoms with E-state index in [-0.39, 0.29) is 0 Å². The van der Waals surface area contributed by atoms with Crippen molar-refractivity contribution in [3.8, 4) is 0 Å². The molecule has 0 radical (unpaired) electrons. The second-order valence-electron chi connectivity index (χ2n) is 7.75. The smallest absolute Gasteiger partial charge is 0.0827 e. The first-order valence-corrected chi connectivity index (χ1v) is 10.7. The summed E-state index contributed by atoms with van der Waals surface area (Å²) in [5.41, 5.74) is 5.14. The number of benzene rings is 1. The molecule has 0 saturated carbocycles. The van der Waals surface area contributed by atoms with E-state index in [0.717, 1.165) is 35.6 Å². The Balaban J connectivity index is 1.76. The van der Waals surface area contributed by atoms with E-state index in [1.54, 1.807) is 0 Å². The zero-order valence-electron chi connectivity index (χ0n) is 17.8. The van der Waals surface area contributed by atoms with Gasteiger partial charge in [-0.15, -0.1) is 0 Å². The largest absolute Gasteiger partial charge is 0.311 e. The molecule has 2 heterocycles. The zero-order chi connectivity index (χ0) is 20.5. The first kappa shape index (κ1) is 21.3. The Morgan fingerprint density at radius 3 is 2.72 bits per heavy atom. The van der Waals surface area contributed by atoms with Crippen molar-refractivity contribution in [2.24, 2.45) is 15.0 Å². The summed E-state index contributed by atoms with van der Waals surface area (Å²) in [4.78, 5) is 16.0. The van der Waals surface area contributed by atoms with Crippen molar-refractivity contribution in [2.45, 2.75) is 32.1 Å². The molecule has 0 bridgehead atoms. The number of likely N-dealkylation sites (tertiary alicyclic amines) is 1. The summed E-state index contributed by atoms with van der Waals surface area (Å²) < 4.78 is 0. The van der Waals surface area contributed by atoms with Crippen LogP contribution in [-0.4, -0.2) is 62.8 Å². The molecule has 0 atom stereocenters. The van der Waals surface area contributed by atoms with E-state index < -0.39 is 0 Å². The van der Waals surface area contributed by atoms with E-state index in [4.69, 9.17) is 0 Å². The van der Waals surface area contributed by atoms with Crippen molar-refractivity contribution in [1.29, 1.82) is 0 Å². The molecule has 0 unspecified atom stereocenters. The van der Waals surface area contributed by atoms with E-state index in [9.17, 15) is 0 Å². The second-order valence-corrected chi connectivity index (χ2v) is 7.75. The van der Waals surface area contributed by atoms with Gasteiger partial charge in [0.1, 0.15) is 0 Å². The standard InChI is InChI=1S/C24H33N5/c1-4-12-26-18-24-23(27-13-5-14-28-24)17-22(25-2)21-8-6-19(7-9-21)20-10-15-29(3)16-11-20/h5-9,14,17,20,26H,2,4,10-13,15-16,18H2,1,3H3/b22-17-. The fourth-order valence-corrected chi connectivity index (χ4v) is 3.76. The maximum Gasteiger partial charge on any atom is 0.0827 e. The number of allylic oxidation sites excluding steroid dienone is 1. The van der Waals surface area contributed by atoms with Crippen LogP contribution in [0.4, 0.5) is 0 Å². The lowest BCUT2D eigenvalue weighted by molar-refractivity contribution is 0.255. The van der Waals surface area contributed by atoms with Gasteiger partial charge in [-0.3, -0.25) is 15.0 Å². The zero-order valence-corrected chi connectivity index (χ0v) is 17.8. The Bertz CT molecular complexity index is 793. The minimum absolute atomic E-state index is 0.631. The lowest BCUT2D eigenvalue weighted by Gasteiger charge is -2.29. The molecule has 1 N–H and O–H groups in total. The summed E-state index contributed by atoms with van der Waals surface area (Å²) in [6.07, 6.45) is 9.37. The summed E-state index contributed by atoms with van der Waals surface area (Å²) in [6, 6.07) is 8.82. The van der Waals surface area contributed by atoms with Gasteiger partial charge in [-0.2, -0.15) is 0 Å². The van der Waals surface area contributed by atoms with Crippen LogP contribution >= 0.6 is 0 Å². The topological polar surface area (TPSA) is 52.4 Å². The van der Waals surface area contributed by atoms with Crippen LogP contribution in [0, 0.1) is 0 Å². The molecular formula is C24H33N5. The van der Waals surface area contributed by atoms with Crippen molar-refractivity contribution >= 4 is 23.8 Å². The van der Waals surface area contributed by atoms with Gasteiger partial charge in [0.15, 0.2) is 0 Å². The summed E-state index contributed by atoms with van der Waals surface area (Å²) in [5.74, 6) is 0.657. The van der Waals surface area contributed by atoms with Crippen LogP contribution in [0.5, 0.6) is 0 Å². The van der Waals surface area contributed by atoms with Gasteiger partial charge in [-0.05, 0) is 76.3 Å². The Morgan fingerprint density at radius 1 is 1.28 bits per heavy atom. The molecule has 0 aliphatic carbocycles. The minimum atomic E-state index is 0.631. The summed E-state index contributed by atoms with van der Waals surface area (Å²) in [5, 5.41) is 3.42. The molecule has 0 aromatic heterocycles. The molecule has 1 aromatic carbocycles. The first-order valence-electron chi connectivity index (χ1n) is 10.7. The number of nitrogens with one attached hydrogen (secondary N) is 1. The number of rotatable bonds is 8. The highest BCUT2D eigenvalue weighted by atomic mass is 15.1. The number of aliphatic imine (C=N–C) groups is 3. The molecule has 5 heteroatoms. The second kappa shape index (κ2) is 11.0. The third-order valence-corrected chi connectivity index (χ3v) is 5.56. The van der Waals surface area contributed by atoms with Crippen molar-refractivity contribution in [2.75, 3.05) is 39.8 Å².